The molecule has 2 aromatic carbocycles. The maximum absolute atomic E-state index is 13.8. The zero-order valence-corrected chi connectivity index (χ0v) is 16.1. The minimum Gasteiger partial charge on any atom is -0.345 e. The molecule has 0 aliphatic heterocycles. The molecular weight excluding hydrogens is 432 g/mol. The summed E-state index contributed by atoms with van der Waals surface area (Å²) < 4.78 is 55.3. The van der Waals surface area contributed by atoms with Gasteiger partial charge in [-0.25, -0.2) is 8.78 Å². The first-order valence-electron chi connectivity index (χ1n) is 7.52. The lowest BCUT2D eigenvalue weighted by Crippen LogP contribution is -2.31. The molecule has 5 nitrogen and oxygen atoms in total. The SMILES string of the molecule is CS(=O)(=O)OCCC(NC(=O)c1c(F)cccc1F)c1ccccc1Br. The van der Waals surface area contributed by atoms with Gasteiger partial charge in [0.2, 0.25) is 0 Å². The number of amides is 1. The topological polar surface area (TPSA) is 72.5 Å². The molecule has 9 heteroatoms. The second-order valence-electron chi connectivity index (χ2n) is 5.46. The predicted molar refractivity (Wildman–Crippen MR) is 96.1 cm³/mol. The molecule has 0 aliphatic rings. The van der Waals surface area contributed by atoms with Gasteiger partial charge in [0.1, 0.15) is 17.2 Å². The van der Waals surface area contributed by atoms with Crippen molar-refractivity contribution in [3.63, 3.8) is 0 Å². The molecule has 1 atom stereocenters. The summed E-state index contributed by atoms with van der Waals surface area (Å²) in [7, 11) is -3.65. The highest BCUT2D eigenvalue weighted by Gasteiger charge is 2.23. The van der Waals surface area contributed by atoms with Gasteiger partial charge >= 0.3 is 0 Å². The summed E-state index contributed by atoms with van der Waals surface area (Å²) in [5.74, 6) is -2.91. The van der Waals surface area contributed by atoms with Crippen molar-refractivity contribution in [2.45, 2.75) is 12.5 Å². The predicted octanol–water partition coefficient (Wildman–Crippen LogP) is 3.56. The van der Waals surface area contributed by atoms with Crippen LogP contribution in [0.15, 0.2) is 46.9 Å². The van der Waals surface area contributed by atoms with Gasteiger partial charge in [-0.15, -0.1) is 0 Å². The van der Waals surface area contributed by atoms with E-state index in [4.69, 9.17) is 4.18 Å². The van der Waals surface area contributed by atoms with E-state index in [-0.39, 0.29) is 13.0 Å². The van der Waals surface area contributed by atoms with E-state index in [0.717, 1.165) is 24.5 Å². The Labute approximate surface area is 158 Å². The molecule has 0 bridgehead atoms. The lowest BCUT2D eigenvalue weighted by Gasteiger charge is -2.20. The molecule has 0 heterocycles. The molecule has 140 valence electrons. The molecule has 26 heavy (non-hydrogen) atoms. The normalized spacial score (nSPS) is 12.6. The van der Waals surface area contributed by atoms with E-state index in [0.29, 0.717) is 10.0 Å². The van der Waals surface area contributed by atoms with E-state index in [1.807, 2.05) is 0 Å². The Balaban J connectivity index is 2.26. The summed E-state index contributed by atoms with van der Waals surface area (Å²) in [6.45, 7) is -0.204. The van der Waals surface area contributed by atoms with Crippen molar-refractivity contribution < 1.29 is 26.2 Å². The average molecular weight is 448 g/mol. The van der Waals surface area contributed by atoms with Crippen LogP contribution in [0.3, 0.4) is 0 Å². The number of hydrogen-bond acceptors (Lipinski definition) is 4. The zero-order valence-electron chi connectivity index (χ0n) is 13.7. The molecule has 0 saturated carbocycles. The first-order chi connectivity index (χ1) is 12.2. The van der Waals surface area contributed by atoms with Crippen molar-refractivity contribution in [1.29, 1.82) is 0 Å². The van der Waals surface area contributed by atoms with E-state index >= 15 is 0 Å². The highest BCUT2D eigenvalue weighted by atomic mass is 79.9. The van der Waals surface area contributed by atoms with Gasteiger partial charge in [-0.2, -0.15) is 8.42 Å². The number of carbonyl (C=O) groups is 1. The standard InChI is InChI=1S/C17H16BrF2NO4S/c1-26(23,24)25-10-9-15(11-5-2-3-6-12(11)18)21-17(22)16-13(19)7-4-8-14(16)20/h2-8,15H,9-10H2,1H3,(H,21,22). The Hall–Kier alpha value is -1.84. The van der Waals surface area contributed by atoms with Gasteiger partial charge in [0.25, 0.3) is 16.0 Å². The smallest absolute Gasteiger partial charge is 0.264 e. The Bertz CT molecular complexity index is 885. The monoisotopic (exact) mass is 447 g/mol. The van der Waals surface area contributed by atoms with Gasteiger partial charge in [0.05, 0.1) is 18.9 Å². The van der Waals surface area contributed by atoms with Crippen molar-refractivity contribution >= 4 is 32.0 Å². The van der Waals surface area contributed by atoms with Crippen LogP contribution in [0, 0.1) is 11.6 Å². The molecule has 0 aliphatic carbocycles. The number of benzene rings is 2. The third kappa shape index (κ3) is 5.58. The maximum atomic E-state index is 13.8. The fourth-order valence-electron chi connectivity index (χ4n) is 2.33. The van der Waals surface area contributed by atoms with E-state index in [1.54, 1.807) is 24.3 Å². The van der Waals surface area contributed by atoms with Gasteiger partial charge in [-0.05, 0) is 30.2 Å². The molecule has 0 saturated heterocycles. The van der Waals surface area contributed by atoms with E-state index in [9.17, 15) is 22.0 Å². The Morgan fingerprint density at radius 2 is 1.77 bits per heavy atom. The number of rotatable bonds is 7. The second kappa shape index (κ2) is 8.70. The van der Waals surface area contributed by atoms with E-state index in [1.165, 1.54) is 0 Å². The van der Waals surface area contributed by atoms with Crippen LogP contribution >= 0.6 is 15.9 Å². The molecule has 0 radical (unpaired) electrons. The quantitative estimate of drug-likeness (QED) is 0.658. The number of nitrogens with one attached hydrogen (secondary N) is 1. The van der Waals surface area contributed by atoms with E-state index in [2.05, 4.69) is 21.2 Å². The molecule has 0 aromatic heterocycles. The van der Waals surface area contributed by atoms with Crippen LogP contribution in [-0.2, 0) is 14.3 Å². The lowest BCUT2D eigenvalue weighted by atomic mass is 10.0. The molecule has 0 fully saturated rings. The Kier molecular flexibility index (Phi) is 6.85. The van der Waals surface area contributed by atoms with Gasteiger partial charge in [-0.3, -0.25) is 8.98 Å². The summed E-state index contributed by atoms with van der Waals surface area (Å²) in [4.78, 5) is 12.4. The summed E-state index contributed by atoms with van der Waals surface area (Å²) in [6.07, 6.45) is 0.991. The first-order valence-corrected chi connectivity index (χ1v) is 10.1. The molecule has 2 rings (SSSR count). The molecular formula is C17H16BrF2NO4S. The molecule has 2 aromatic rings. The van der Waals surface area contributed by atoms with Crippen LogP contribution in [0.25, 0.3) is 0 Å². The van der Waals surface area contributed by atoms with Crippen LogP contribution in [-0.4, -0.2) is 27.2 Å². The molecule has 0 spiro atoms. The summed E-state index contributed by atoms with van der Waals surface area (Å²) >= 11 is 3.34. The maximum Gasteiger partial charge on any atom is 0.264 e. The van der Waals surface area contributed by atoms with Gasteiger partial charge < -0.3 is 5.32 Å². The summed E-state index contributed by atoms with van der Waals surface area (Å²) in [6, 6.07) is 9.32. The van der Waals surface area contributed by atoms with Crippen LogP contribution in [0.1, 0.15) is 28.4 Å². The highest BCUT2D eigenvalue weighted by Crippen LogP contribution is 2.26. The second-order valence-corrected chi connectivity index (χ2v) is 7.96. The lowest BCUT2D eigenvalue weighted by molar-refractivity contribution is 0.0923. The number of carbonyl (C=O) groups excluding carboxylic acids is 1. The first kappa shape index (κ1) is 20.5. The van der Waals surface area contributed by atoms with Crippen LogP contribution in [0.2, 0.25) is 0 Å². The largest absolute Gasteiger partial charge is 0.345 e. The van der Waals surface area contributed by atoms with Gasteiger partial charge in [-0.1, -0.05) is 40.2 Å². The van der Waals surface area contributed by atoms with Gasteiger partial charge in [0, 0.05) is 4.47 Å². The van der Waals surface area contributed by atoms with Crippen LogP contribution in [0.5, 0.6) is 0 Å². The summed E-state index contributed by atoms with van der Waals surface area (Å²) in [5, 5.41) is 2.53. The summed E-state index contributed by atoms with van der Waals surface area (Å²) in [5.41, 5.74) is -0.0803. The highest BCUT2D eigenvalue weighted by molar-refractivity contribution is 9.10. The van der Waals surface area contributed by atoms with Crippen molar-refractivity contribution in [2.75, 3.05) is 12.9 Å². The molecule has 1 unspecified atom stereocenters. The van der Waals surface area contributed by atoms with Crippen molar-refractivity contribution in [2.24, 2.45) is 0 Å². The minimum absolute atomic E-state index is 0.0808. The van der Waals surface area contributed by atoms with Crippen molar-refractivity contribution in [1.82, 2.24) is 5.32 Å². The molecule has 1 N–H and O–H groups in total. The fourth-order valence-corrected chi connectivity index (χ4v) is 3.29. The number of halogens is 3. The molecule has 1 amide bonds. The minimum atomic E-state index is -3.65. The van der Waals surface area contributed by atoms with Crippen LogP contribution < -0.4 is 5.32 Å². The Morgan fingerprint density at radius 1 is 1.15 bits per heavy atom. The zero-order chi connectivity index (χ0) is 19.3. The third-order valence-electron chi connectivity index (χ3n) is 3.48. The Morgan fingerprint density at radius 3 is 2.35 bits per heavy atom. The fraction of sp³-hybridized carbons (Fsp3) is 0.235. The van der Waals surface area contributed by atoms with Crippen molar-refractivity contribution in [3.8, 4) is 0 Å². The average Bonchev–Trinajstić information content (AvgIpc) is 2.53. The third-order valence-corrected chi connectivity index (χ3v) is 4.80. The van der Waals surface area contributed by atoms with Crippen molar-refractivity contribution in [3.05, 3.63) is 69.7 Å². The van der Waals surface area contributed by atoms with E-state index < -0.39 is 39.3 Å². The van der Waals surface area contributed by atoms with Crippen LogP contribution in [0.4, 0.5) is 8.78 Å². The number of hydrogen-bond donors (Lipinski definition) is 1. The van der Waals surface area contributed by atoms with Gasteiger partial charge in [0.15, 0.2) is 0 Å².